The van der Waals surface area contributed by atoms with Gasteiger partial charge < -0.3 is 29.9 Å². The third-order valence-corrected chi connectivity index (χ3v) is 6.45. The molecule has 0 spiro atoms. The Morgan fingerprint density at radius 2 is 1.97 bits per heavy atom. The number of hydrogen-bond acceptors (Lipinski definition) is 7. The fourth-order valence-electron chi connectivity index (χ4n) is 4.02. The molecule has 32 heavy (non-hydrogen) atoms. The fourth-order valence-corrected chi connectivity index (χ4v) is 4.02. The number of benzene rings is 1. The Hall–Kier alpha value is -1.77. The Morgan fingerprint density at radius 1 is 1.28 bits per heavy atom. The van der Waals surface area contributed by atoms with Crippen molar-refractivity contribution in [3.63, 3.8) is 0 Å². The fraction of sp³-hybridized carbons (Fsp3) is 0.640. The van der Waals surface area contributed by atoms with E-state index in [-0.39, 0.29) is 25.4 Å². The summed E-state index contributed by atoms with van der Waals surface area (Å²) in [7, 11) is 1.54. The van der Waals surface area contributed by atoms with Crippen LogP contribution in [0.5, 0.6) is 0 Å². The molecule has 2 rings (SSSR count). The molecule has 7 nitrogen and oxygen atoms in total. The highest BCUT2D eigenvalue weighted by Gasteiger charge is 2.35. The Morgan fingerprint density at radius 3 is 2.59 bits per heavy atom. The van der Waals surface area contributed by atoms with Gasteiger partial charge in [0.05, 0.1) is 18.3 Å². The molecule has 1 aliphatic rings. The van der Waals surface area contributed by atoms with E-state index in [0.717, 1.165) is 11.1 Å². The summed E-state index contributed by atoms with van der Waals surface area (Å²) in [6.45, 7) is 7.46. The van der Waals surface area contributed by atoms with Gasteiger partial charge in [-0.05, 0) is 29.5 Å². The smallest absolute Gasteiger partial charge is 0.338 e. The second-order valence-corrected chi connectivity index (χ2v) is 9.48. The van der Waals surface area contributed by atoms with Gasteiger partial charge in [0, 0.05) is 38.4 Å². The zero-order valence-corrected chi connectivity index (χ0v) is 19.7. The lowest BCUT2D eigenvalue weighted by atomic mass is 9.76. The van der Waals surface area contributed by atoms with Gasteiger partial charge >= 0.3 is 5.97 Å². The first-order valence-electron chi connectivity index (χ1n) is 11.2. The van der Waals surface area contributed by atoms with Gasteiger partial charge in [-0.25, -0.2) is 4.79 Å². The van der Waals surface area contributed by atoms with Crippen LogP contribution in [-0.2, 0) is 26.1 Å². The SMILES string of the molecule is CO[C@H]1C[C@@H](/C(C)=C\[C@@H](C)CO)OC(=O)[C@@H](O)[C@H](O)Cc2cccc(c2)C(C)(C)[C@@H](O)C1. The number of esters is 1. The van der Waals surface area contributed by atoms with Crippen molar-refractivity contribution in [2.45, 2.75) is 82.9 Å². The molecule has 1 aromatic rings. The van der Waals surface area contributed by atoms with Crippen molar-refractivity contribution in [3.8, 4) is 0 Å². The number of carbonyl (C=O) groups excluding carboxylic acids is 1. The molecule has 0 aromatic heterocycles. The van der Waals surface area contributed by atoms with Gasteiger partial charge in [-0.1, -0.05) is 51.1 Å². The number of aliphatic hydroxyl groups excluding tert-OH is 4. The van der Waals surface area contributed by atoms with E-state index in [2.05, 4.69) is 0 Å². The molecular weight excluding hydrogens is 412 g/mol. The molecule has 0 aliphatic carbocycles. The van der Waals surface area contributed by atoms with Crippen LogP contribution in [0.3, 0.4) is 0 Å². The van der Waals surface area contributed by atoms with Crippen molar-refractivity contribution in [1.29, 1.82) is 0 Å². The third-order valence-electron chi connectivity index (χ3n) is 6.45. The van der Waals surface area contributed by atoms with Crippen LogP contribution in [0.25, 0.3) is 0 Å². The van der Waals surface area contributed by atoms with Gasteiger partial charge in [0.2, 0.25) is 0 Å². The predicted molar refractivity (Wildman–Crippen MR) is 121 cm³/mol. The summed E-state index contributed by atoms with van der Waals surface area (Å²) < 4.78 is 11.2. The Labute approximate surface area is 190 Å². The molecule has 2 bridgehead atoms. The van der Waals surface area contributed by atoms with Gasteiger partial charge in [-0.15, -0.1) is 0 Å². The lowest BCUT2D eigenvalue weighted by molar-refractivity contribution is -0.165. The van der Waals surface area contributed by atoms with Crippen LogP contribution in [0.2, 0.25) is 0 Å². The van der Waals surface area contributed by atoms with Crippen LogP contribution < -0.4 is 0 Å². The highest BCUT2D eigenvalue weighted by atomic mass is 16.6. The maximum absolute atomic E-state index is 12.7. The average Bonchev–Trinajstić information content (AvgIpc) is 2.76. The summed E-state index contributed by atoms with van der Waals surface area (Å²) in [6, 6.07) is 7.44. The lowest BCUT2D eigenvalue weighted by Gasteiger charge is -2.35. The van der Waals surface area contributed by atoms with Crippen molar-refractivity contribution < 1.29 is 34.7 Å². The van der Waals surface area contributed by atoms with Crippen molar-refractivity contribution in [2.75, 3.05) is 13.7 Å². The van der Waals surface area contributed by atoms with E-state index in [0.29, 0.717) is 12.0 Å². The molecule has 0 saturated heterocycles. The second-order valence-electron chi connectivity index (χ2n) is 9.48. The number of carbonyl (C=O) groups is 1. The molecule has 0 saturated carbocycles. The molecule has 1 heterocycles. The molecule has 1 aliphatic heterocycles. The summed E-state index contributed by atoms with van der Waals surface area (Å²) in [6.07, 6.45) is -2.49. The first-order valence-corrected chi connectivity index (χ1v) is 11.2. The van der Waals surface area contributed by atoms with E-state index in [1.807, 2.05) is 51.1 Å². The summed E-state index contributed by atoms with van der Waals surface area (Å²) in [5.41, 5.74) is 1.74. The number of ether oxygens (including phenoxy) is 2. The molecule has 0 amide bonds. The molecule has 180 valence electrons. The van der Waals surface area contributed by atoms with Crippen molar-refractivity contribution in [2.24, 2.45) is 5.92 Å². The lowest BCUT2D eigenvalue weighted by Crippen LogP contribution is -2.41. The third kappa shape index (κ3) is 6.62. The zero-order valence-electron chi connectivity index (χ0n) is 19.7. The normalized spacial score (nSPS) is 30.8. The van der Waals surface area contributed by atoms with E-state index in [9.17, 15) is 25.2 Å². The molecule has 7 heteroatoms. The van der Waals surface area contributed by atoms with Gasteiger partial charge in [0.1, 0.15) is 6.10 Å². The van der Waals surface area contributed by atoms with Crippen molar-refractivity contribution in [3.05, 3.63) is 47.0 Å². The van der Waals surface area contributed by atoms with E-state index in [1.165, 1.54) is 0 Å². The molecule has 0 unspecified atom stereocenters. The van der Waals surface area contributed by atoms with Gasteiger partial charge in [-0.2, -0.15) is 0 Å². The average molecular weight is 451 g/mol. The van der Waals surface area contributed by atoms with E-state index < -0.39 is 41.9 Å². The largest absolute Gasteiger partial charge is 0.456 e. The van der Waals surface area contributed by atoms with Gasteiger partial charge in [0.25, 0.3) is 0 Å². The topological polar surface area (TPSA) is 116 Å². The van der Waals surface area contributed by atoms with Crippen LogP contribution >= 0.6 is 0 Å². The molecular formula is C25H38O7. The maximum Gasteiger partial charge on any atom is 0.338 e. The summed E-state index contributed by atoms with van der Waals surface area (Å²) in [5, 5.41) is 41.4. The first kappa shape index (κ1) is 26.5. The summed E-state index contributed by atoms with van der Waals surface area (Å²) in [4.78, 5) is 12.7. The van der Waals surface area contributed by atoms with E-state index in [4.69, 9.17) is 9.47 Å². The van der Waals surface area contributed by atoms with Gasteiger partial charge in [0.15, 0.2) is 6.10 Å². The Kier molecular flexibility index (Phi) is 9.42. The minimum Gasteiger partial charge on any atom is -0.456 e. The zero-order chi connectivity index (χ0) is 24.1. The van der Waals surface area contributed by atoms with Crippen LogP contribution in [0.15, 0.2) is 35.9 Å². The molecule has 0 radical (unpaired) electrons. The highest BCUT2D eigenvalue weighted by molar-refractivity contribution is 5.75. The van der Waals surface area contributed by atoms with E-state index >= 15 is 0 Å². The van der Waals surface area contributed by atoms with E-state index in [1.54, 1.807) is 14.0 Å². The molecule has 1 aromatic carbocycles. The number of methoxy groups -OCH3 is 1. The summed E-state index contributed by atoms with van der Waals surface area (Å²) in [5.74, 6) is -1.07. The van der Waals surface area contributed by atoms with Crippen LogP contribution in [0.4, 0.5) is 0 Å². The second kappa shape index (κ2) is 11.4. The minimum absolute atomic E-state index is 0.0578. The highest BCUT2D eigenvalue weighted by Crippen LogP contribution is 2.32. The van der Waals surface area contributed by atoms with Gasteiger partial charge in [-0.3, -0.25) is 0 Å². The number of rotatable bonds is 4. The Bertz CT molecular complexity index is 788. The summed E-state index contributed by atoms with van der Waals surface area (Å²) >= 11 is 0. The standard InChI is InChI=1S/C25H38O7/c1-15(14-26)9-16(2)21-12-19(31-5)13-22(28)25(3,4)18-8-6-7-17(10-18)11-20(27)23(29)24(30)32-21/h6-10,15,19-23,26-29H,11-14H2,1-5H3/b16-9-/t15-,19+,20-,21+,22+,23+/m1/s1. The number of aliphatic hydroxyl groups is 4. The minimum atomic E-state index is -1.70. The molecule has 4 N–H and O–H groups in total. The number of cyclic esters (lactones) is 1. The van der Waals surface area contributed by atoms with Crippen molar-refractivity contribution >= 4 is 5.97 Å². The van der Waals surface area contributed by atoms with Crippen molar-refractivity contribution in [1.82, 2.24) is 0 Å². The molecule has 0 fully saturated rings. The number of hydrogen-bond donors (Lipinski definition) is 4. The molecule has 6 atom stereocenters. The first-order chi connectivity index (χ1) is 15.0. The van der Waals surface area contributed by atoms with Crippen LogP contribution in [0, 0.1) is 5.92 Å². The van der Waals surface area contributed by atoms with Crippen LogP contribution in [0.1, 0.15) is 51.7 Å². The predicted octanol–water partition coefficient (Wildman–Crippen LogP) is 1.88. The Balaban J connectivity index is 2.46. The van der Waals surface area contributed by atoms with Crippen LogP contribution in [-0.4, -0.2) is 70.6 Å². The number of fused-ring (bicyclic) bond motifs is 2. The monoisotopic (exact) mass is 450 g/mol. The quantitative estimate of drug-likeness (QED) is 0.409. The maximum atomic E-state index is 12.7.